The molecule has 2 aromatic carbocycles. The molecule has 1 aliphatic carbocycles. The average molecular weight is 689 g/mol. The molecule has 0 bridgehead atoms. The molecular formula is C37H46F2N8O3. The maximum Gasteiger partial charge on any atom is 0.247 e. The van der Waals surface area contributed by atoms with Crippen molar-refractivity contribution in [3.05, 3.63) is 72.6 Å². The van der Waals surface area contributed by atoms with Crippen molar-refractivity contribution in [3.63, 3.8) is 0 Å². The molecule has 50 heavy (non-hydrogen) atoms. The minimum Gasteiger partial charge on any atom is -0.494 e. The van der Waals surface area contributed by atoms with E-state index in [-0.39, 0.29) is 5.91 Å². The highest BCUT2D eigenvalue weighted by Crippen LogP contribution is 2.41. The van der Waals surface area contributed by atoms with Crippen LogP contribution in [0.25, 0.3) is 0 Å². The first-order chi connectivity index (χ1) is 24.2. The number of nitrogens with zero attached hydrogens (tertiary/aromatic N) is 6. The third-order valence-electron chi connectivity index (χ3n) is 10.4. The lowest BCUT2D eigenvalue weighted by Gasteiger charge is -2.49. The molecule has 4 heterocycles. The van der Waals surface area contributed by atoms with Crippen molar-refractivity contribution in [2.24, 2.45) is 0 Å². The quantitative estimate of drug-likeness (QED) is 0.246. The third-order valence-corrected chi connectivity index (χ3v) is 10.4. The molecule has 3 aliphatic heterocycles. The molecule has 2 N–H and O–H groups in total. The molecule has 0 radical (unpaired) electrons. The lowest BCUT2D eigenvalue weighted by molar-refractivity contribution is -0.111. The summed E-state index contributed by atoms with van der Waals surface area (Å²) in [5.74, 6) is -0.184. The highest BCUT2D eigenvalue weighted by molar-refractivity contribution is 6.02. The van der Waals surface area contributed by atoms with Crippen LogP contribution in [0, 0.1) is 11.6 Å². The highest BCUT2D eigenvalue weighted by Gasteiger charge is 2.40. The predicted molar refractivity (Wildman–Crippen MR) is 190 cm³/mol. The molecule has 1 aromatic heterocycles. The van der Waals surface area contributed by atoms with E-state index < -0.39 is 17.7 Å². The normalized spacial score (nSPS) is 23.6. The zero-order valence-electron chi connectivity index (χ0n) is 28.9. The van der Waals surface area contributed by atoms with E-state index in [1.807, 2.05) is 12.1 Å². The van der Waals surface area contributed by atoms with Crippen molar-refractivity contribution in [2.75, 3.05) is 60.5 Å². The number of benzene rings is 2. The minimum atomic E-state index is -0.650. The number of hydroxylamine groups is 1. The van der Waals surface area contributed by atoms with Crippen LogP contribution >= 0.6 is 0 Å². The Kier molecular flexibility index (Phi) is 9.89. The minimum absolute atomic E-state index is 0.316. The number of rotatable bonds is 10. The van der Waals surface area contributed by atoms with Crippen molar-refractivity contribution in [3.8, 4) is 5.75 Å². The number of nitrogens with one attached hydrogen (secondary N) is 2. The van der Waals surface area contributed by atoms with Crippen molar-refractivity contribution in [1.82, 2.24) is 19.8 Å². The van der Waals surface area contributed by atoms with Crippen molar-refractivity contribution >= 4 is 34.6 Å². The SMILES string of the molecule is C=CC(=O)Nc1cc(Nc2cc(N3OCC[C@@H]3c3cc(F)cc(F)c3)ncn2)c(OC)cc1N1CCC(N2C[C@@H](C)N(C3CC3)C[C@H]2C)CC1. The number of halogens is 2. The topological polar surface area (TPSA) is 98.3 Å². The van der Waals surface area contributed by atoms with E-state index in [1.54, 1.807) is 18.2 Å². The van der Waals surface area contributed by atoms with Crippen molar-refractivity contribution in [2.45, 2.75) is 76.2 Å². The smallest absolute Gasteiger partial charge is 0.247 e. The standard InChI is InChI=1S/C37H46F2N8O3/c1-5-37(48)43-30-17-31(42-35-19-36(41-22-40-35)47-32(10-13-50-47)25-14-26(38)16-27(39)15-25)34(49-4)18-33(30)44-11-8-29(9-12-44)46-21-23(2)45(20-24(46)3)28-6-7-28/h5,14-19,22-24,28-29,32H,1,6-13,20-21H2,2-4H3,(H,43,48)(H,40,41,42)/t23-,24-,32-/m1/s1. The van der Waals surface area contributed by atoms with Gasteiger partial charge in [-0.3, -0.25) is 19.4 Å². The first-order valence-electron chi connectivity index (χ1n) is 17.6. The Morgan fingerprint density at radius 2 is 1.60 bits per heavy atom. The Morgan fingerprint density at radius 1 is 0.920 bits per heavy atom. The Balaban J connectivity index is 1.09. The molecule has 4 aliphatic rings. The number of hydrogen-bond acceptors (Lipinski definition) is 10. The van der Waals surface area contributed by atoms with Gasteiger partial charge in [0.15, 0.2) is 5.82 Å². The van der Waals surface area contributed by atoms with Crippen molar-refractivity contribution < 1.29 is 23.1 Å². The molecular weight excluding hydrogens is 642 g/mol. The van der Waals surface area contributed by atoms with Gasteiger partial charge in [0.2, 0.25) is 5.91 Å². The number of aromatic nitrogens is 2. The zero-order chi connectivity index (χ0) is 34.9. The largest absolute Gasteiger partial charge is 0.494 e. The van der Waals surface area contributed by atoms with Crippen LogP contribution in [-0.4, -0.2) is 89.7 Å². The van der Waals surface area contributed by atoms with Gasteiger partial charge in [0.05, 0.1) is 36.8 Å². The van der Waals surface area contributed by atoms with Gasteiger partial charge >= 0.3 is 0 Å². The Bertz CT molecular complexity index is 1700. The number of piperazine rings is 1. The molecule has 0 unspecified atom stereocenters. The van der Waals surface area contributed by atoms with Crippen LogP contribution in [0.15, 0.2) is 55.4 Å². The maximum absolute atomic E-state index is 14.0. The van der Waals surface area contributed by atoms with E-state index in [0.717, 1.165) is 56.8 Å². The molecule has 13 heteroatoms. The lowest BCUT2D eigenvalue weighted by Crippen LogP contribution is -2.61. The van der Waals surface area contributed by atoms with Gasteiger partial charge in [-0.2, -0.15) is 0 Å². The summed E-state index contributed by atoms with van der Waals surface area (Å²) in [5.41, 5.74) is 2.54. The van der Waals surface area contributed by atoms with Gasteiger partial charge in [0.25, 0.3) is 0 Å². The van der Waals surface area contributed by atoms with Crippen molar-refractivity contribution in [1.29, 1.82) is 0 Å². The molecule has 0 spiro atoms. The number of piperidine rings is 1. The molecule has 11 nitrogen and oxygen atoms in total. The van der Waals surface area contributed by atoms with Gasteiger partial charge in [-0.1, -0.05) is 6.58 Å². The summed E-state index contributed by atoms with van der Waals surface area (Å²) in [6.07, 6.45) is 7.92. The van der Waals surface area contributed by atoms with Gasteiger partial charge in [0, 0.05) is 75.0 Å². The number of anilines is 5. The van der Waals surface area contributed by atoms with Crippen LogP contribution < -0.4 is 25.3 Å². The van der Waals surface area contributed by atoms with Crippen LogP contribution in [0.5, 0.6) is 5.75 Å². The summed E-state index contributed by atoms with van der Waals surface area (Å²) in [7, 11) is 1.61. The molecule has 4 fully saturated rings. The molecule has 7 rings (SSSR count). The molecule has 3 aromatic rings. The Morgan fingerprint density at radius 3 is 2.24 bits per heavy atom. The van der Waals surface area contributed by atoms with Gasteiger partial charge in [-0.05, 0) is 69.4 Å². The van der Waals surface area contributed by atoms with E-state index in [2.05, 4.69) is 55.7 Å². The van der Waals surface area contributed by atoms with Gasteiger partial charge in [0.1, 0.15) is 29.5 Å². The third kappa shape index (κ3) is 7.26. The fraction of sp³-hybridized carbons (Fsp3) is 0.486. The highest BCUT2D eigenvalue weighted by atomic mass is 19.1. The summed E-state index contributed by atoms with van der Waals surface area (Å²) in [5, 5.41) is 7.86. The average Bonchev–Trinajstić information content (AvgIpc) is 3.83. The fourth-order valence-electron chi connectivity index (χ4n) is 7.86. The summed E-state index contributed by atoms with van der Waals surface area (Å²) in [4.78, 5) is 35.0. The number of ether oxygens (including phenoxy) is 1. The first kappa shape index (κ1) is 34.1. The molecule has 3 atom stereocenters. The fourth-order valence-corrected chi connectivity index (χ4v) is 7.86. The van der Waals surface area contributed by atoms with Crippen LogP contribution in [0.2, 0.25) is 0 Å². The zero-order valence-corrected chi connectivity index (χ0v) is 28.9. The number of carbonyl (C=O) groups is 1. The van der Waals surface area contributed by atoms with Crippen LogP contribution in [0.1, 0.15) is 57.6 Å². The summed E-state index contributed by atoms with van der Waals surface area (Å²) < 4.78 is 33.9. The molecule has 3 saturated heterocycles. The predicted octanol–water partition coefficient (Wildman–Crippen LogP) is 6.04. The van der Waals surface area contributed by atoms with E-state index in [1.165, 1.54) is 37.4 Å². The maximum atomic E-state index is 14.0. The summed E-state index contributed by atoms with van der Waals surface area (Å²) >= 11 is 0. The Hall–Kier alpha value is -4.33. The first-order valence-corrected chi connectivity index (χ1v) is 17.6. The summed E-state index contributed by atoms with van der Waals surface area (Å²) in [6.45, 7) is 12.7. The Labute approximate surface area is 292 Å². The molecule has 1 amide bonds. The van der Waals surface area contributed by atoms with E-state index in [9.17, 15) is 13.6 Å². The molecule has 1 saturated carbocycles. The second-order valence-corrected chi connectivity index (χ2v) is 13.9. The monoisotopic (exact) mass is 688 g/mol. The number of hydrogen-bond donors (Lipinski definition) is 2. The second-order valence-electron chi connectivity index (χ2n) is 13.9. The number of carbonyl (C=O) groups excluding carboxylic acids is 1. The second kappa shape index (κ2) is 14.5. The van der Waals surface area contributed by atoms with Crippen LogP contribution in [0.4, 0.5) is 37.5 Å². The lowest BCUT2D eigenvalue weighted by atomic mass is 9.97. The van der Waals surface area contributed by atoms with E-state index >= 15 is 0 Å². The number of amides is 1. The van der Waals surface area contributed by atoms with Crippen LogP contribution in [0.3, 0.4) is 0 Å². The summed E-state index contributed by atoms with van der Waals surface area (Å²) in [6, 6.07) is 10.9. The van der Waals surface area contributed by atoms with Gasteiger partial charge in [-0.25, -0.2) is 23.8 Å². The number of methoxy groups -OCH3 is 1. The van der Waals surface area contributed by atoms with Gasteiger partial charge in [-0.15, -0.1) is 0 Å². The van der Waals surface area contributed by atoms with Crippen LogP contribution in [-0.2, 0) is 9.63 Å². The van der Waals surface area contributed by atoms with E-state index in [0.29, 0.717) is 65.5 Å². The van der Waals surface area contributed by atoms with Gasteiger partial charge < -0.3 is 20.3 Å². The van der Waals surface area contributed by atoms with E-state index in [4.69, 9.17) is 9.57 Å². The molecule has 266 valence electrons.